The number of likely N-dealkylation sites (N-methyl/N-ethyl adjacent to an activating group) is 1. The van der Waals surface area contributed by atoms with E-state index >= 15 is 0 Å². The molecule has 3 heterocycles. The third kappa shape index (κ3) is 5.15. The highest BCUT2D eigenvalue weighted by molar-refractivity contribution is 5.91. The molecule has 0 spiro atoms. The van der Waals surface area contributed by atoms with Crippen molar-refractivity contribution in [2.45, 2.75) is 37.5 Å². The van der Waals surface area contributed by atoms with Crippen LogP contribution in [0, 0.1) is 17.8 Å². The van der Waals surface area contributed by atoms with E-state index in [2.05, 4.69) is 24.2 Å². The minimum Gasteiger partial charge on any atom is -0.497 e. The van der Waals surface area contributed by atoms with Crippen LogP contribution < -0.4 is 18.9 Å². The Bertz CT molecular complexity index is 1580. The fraction of sp³-hybridized carbons (Fsp3) is 0.529. The number of carbonyl (C=O) groups excluding carboxylic acids is 2. The molecule has 0 radical (unpaired) electrons. The van der Waals surface area contributed by atoms with Gasteiger partial charge in [-0.1, -0.05) is 0 Å². The lowest BCUT2D eigenvalue weighted by Gasteiger charge is -2.56. The SMILES string of the molecule is COC(=O)[C@H]1[C@H]2C[C@@H]3c4[nH]c5cc(OC)ccc5c4CC[N+]3(C)C[C@H]2C[C@@H](OC(=O)c2cc(OC)c(OC)c(OC)c2)[C@@H]1OC. The number of nitrogens with one attached hydrogen (secondary N) is 1. The first-order chi connectivity index (χ1) is 21.7. The van der Waals surface area contributed by atoms with Crippen LogP contribution in [-0.4, -0.2) is 96.4 Å². The van der Waals surface area contributed by atoms with Gasteiger partial charge in [0, 0.05) is 42.8 Å². The van der Waals surface area contributed by atoms with Crippen LogP contribution in [0.25, 0.3) is 10.9 Å². The Morgan fingerprint density at radius 3 is 2.27 bits per heavy atom. The molecule has 3 aromatic rings. The lowest BCUT2D eigenvalue weighted by atomic mass is 9.63. The van der Waals surface area contributed by atoms with Gasteiger partial charge in [-0.15, -0.1) is 0 Å². The summed E-state index contributed by atoms with van der Waals surface area (Å²) >= 11 is 0. The zero-order valence-electron chi connectivity index (χ0n) is 27.0. The highest BCUT2D eigenvalue weighted by Crippen LogP contribution is 2.53. The number of aromatic amines is 1. The molecule has 11 nitrogen and oxygen atoms in total. The van der Waals surface area contributed by atoms with Gasteiger partial charge in [-0.25, -0.2) is 4.79 Å². The number of hydrogen-bond acceptors (Lipinski definition) is 9. The van der Waals surface area contributed by atoms with Gasteiger partial charge >= 0.3 is 11.9 Å². The number of aromatic nitrogens is 1. The van der Waals surface area contributed by atoms with E-state index in [4.69, 9.17) is 33.2 Å². The summed E-state index contributed by atoms with van der Waals surface area (Å²) in [4.78, 5) is 30.9. The van der Waals surface area contributed by atoms with Crippen LogP contribution >= 0.6 is 0 Å². The van der Waals surface area contributed by atoms with Crippen molar-refractivity contribution in [3.63, 3.8) is 0 Å². The van der Waals surface area contributed by atoms with Crippen LogP contribution in [0.3, 0.4) is 0 Å². The molecule has 1 aliphatic carbocycles. The summed E-state index contributed by atoms with van der Waals surface area (Å²) in [5.41, 5.74) is 3.89. The maximum Gasteiger partial charge on any atom is 0.338 e. The second-order valence-corrected chi connectivity index (χ2v) is 12.6. The van der Waals surface area contributed by atoms with Crippen LogP contribution in [0.1, 0.15) is 40.5 Å². The van der Waals surface area contributed by atoms with E-state index in [0.717, 1.165) is 41.7 Å². The smallest absolute Gasteiger partial charge is 0.338 e. The Labute approximate surface area is 263 Å². The molecule has 1 N–H and O–H groups in total. The van der Waals surface area contributed by atoms with Gasteiger partial charge in [0.15, 0.2) is 11.5 Å². The molecule has 0 amide bonds. The number of fused-ring (bicyclic) bond motifs is 6. The van der Waals surface area contributed by atoms with Gasteiger partial charge in [0.1, 0.15) is 24.0 Å². The first kappa shape index (κ1) is 31.0. The van der Waals surface area contributed by atoms with E-state index in [1.165, 1.54) is 45.1 Å². The zero-order chi connectivity index (χ0) is 32.0. The number of quaternary nitrogens is 1. The number of rotatable bonds is 8. The maximum absolute atomic E-state index is 13.6. The highest BCUT2D eigenvalue weighted by Gasteiger charge is 2.58. The highest BCUT2D eigenvalue weighted by atomic mass is 16.6. The molecule has 11 heteroatoms. The Morgan fingerprint density at radius 2 is 1.64 bits per heavy atom. The van der Waals surface area contributed by atoms with E-state index in [9.17, 15) is 9.59 Å². The maximum atomic E-state index is 13.6. The van der Waals surface area contributed by atoms with Gasteiger partial charge in [0.05, 0.1) is 72.9 Å². The van der Waals surface area contributed by atoms with Gasteiger partial charge in [0.2, 0.25) is 5.75 Å². The summed E-state index contributed by atoms with van der Waals surface area (Å²) in [5.74, 6) is 0.484. The van der Waals surface area contributed by atoms with Gasteiger partial charge in [0.25, 0.3) is 0 Å². The number of esters is 2. The molecule has 242 valence electrons. The molecule has 2 fully saturated rings. The summed E-state index contributed by atoms with van der Waals surface area (Å²) in [6.07, 6.45) is 0.981. The standard InChI is InChI=1S/C34H43N2O9/c1-36-11-10-22-21-9-8-20(39-2)15-24(21)35-30(22)25(36)16-23-19(17-36)14-28(32(43-6)29(23)34(38)44-7)45-33(37)18-12-26(40-3)31(42-5)27(13-18)41-4/h8-9,12-13,15,19,23,25,28-29,32,35H,10-11,14,16-17H2,1-7H3/q+1/t19-,23+,25-,28-,29+,32+,36?/m1/s1. The number of methoxy groups -OCH3 is 6. The van der Waals surface area contributed by atoms with Crippen molar-refractivity contribution in [3.8, 4) is 23.0 Å². The molecule has 7 atom stereocenters. The predicted octanol–water partition coefficient (Wildman–Crippen LogP) is 4.32. The normalized spacial score (nSPS) is 28.7. The minimum absolute atomic E-state index is 0.0124. The minimum atomic E-state index is -0.670. The van der Waals surface area contributed by atoms with E-state index in [0.29, 0.717) is 23.7 Å². The lowest BCUT2D eigenvalue weighted by molar-refractivity contribution is -0.952. The van der Waals surface area contributed by atoms with Crippen LogP contribution in [0.4, 0.5) is 0 Å². The number of hydrogen-bond donors (Lipinski definition) is 1. The molecule has 1 saturated heterocycles. The molecule has 1 unspecified atom stereocenters. The van der Waals surface area contributed by atoms with E-state index in [1.54, 1.807) is 26.4 Å². The number of ether oxygens (including phenoxy) is 7. The summed E-state index contributed by atoms with van der Waals surface area (Å²) in [6, 6.07) is 9.50. The Hall–Kier alpha value is -3.96. The van der Waals surface area contributed by atoms with Gasteiger partial charge in [-0.2, -0.15) is 0 Å². The number of nitrogens with zero attached hydrogens (tertiary/aromatic N) is 1. The van der Waals surface area contributed by atoms with E-state index in [-0.39, 0.29) is 29.4 Å². The number of carbonyl (C=O) groups is 2. The fourth-order valence-electron chi connectivity index (χ4n) is 8.34. The second-order valence-electron chi connectivity index (χ2n) is 12.6. The zero-order valence-corrected chi connectivity index (χ0v) is 27.0. The molecule has 3 aliphatic rings. The predicted molar refractivity (Wildman–Crippen MR) is 165 cm³/mol. The van der Waals surface area contributed by atoms with Gasteiger partial charge in [-0.05, 0) is 42.2 Å². The number of H-pyrrole nitrogens is 1. The van der Waals surface area contributed by atoms with Gasteiger partial charge < -0.3 is 42.6 Å². The van der Waals surface area contributed by atoms with Crippen molar-refractivity contribution in [3.05, 3.63) is 47.2 Å². The molecular weight excluding hydrogens is 580 g/mol. The summed E-state index contributed by atoms with van der Waals surface area (Å²) in [7, 11) is 11.4. The Balaban J connectivity index is 1.32. The molecular formula is C34H43N2O9+. The second kappa shape index (κ2) is 12.1. The fourth-order valence-corrected chi connectivity index (χ4v) is 8.34. The molecule has 0 bridgehead atoms. The van der Waals surface area contributed by atoms with Crippen molar-refractivity contribution in [1.82, 2.24) is 4.98 Å². The topological polar surface area (TPSA) is 115 Å². The van der Waals surface area contributed by atoms with Crippen LogP contribution in [0.15, 0.2) is 30.3 Å². The molecule has 2 aromatic carbocycles. The van der Waals surface area contributed by atoms with Crippen molar-refractivity contribution < 1.29 is 47.2 Å². The van der Waals surface area contributed by atoms with Crippen LogP contribution in [0.2, 0.25) is 0 Å². The average molecular weight is 624 g/mol. The number of piperidine rings is 1. The van der Waals surface area contributed by atoms with Crippen molar-refractivity contribution in [2.24, 2.45) is 17.8 Å². The third-order valence-electron chi connectivity index (χ3n) is 10.5. The first-order valence-electron chi connectivity index (χ1n) is 15.3. The molecule has 6 rings (SSSR count). The third-order valence-corrected chi connectivity index (χ3v) is 10.5. The first-order valence-corrected chi connectivity index (χ1v) is 15.3. The molecule has 45 heavy (non-hydrogen) atoms. The van der Waals surface area contributed by atoms with E-state index in [1.807, 2.05) is 6.07 Å². The lowest BCUT2D eigenvalue weighted by Crippen LogP contribution is -2.63. The molecule has 2 aliphatic heterocycles. The summed E-state index contributed by atoms with van der Waals surface area (Å²) in [5, 5.41) is 1.22. The van der Waals surface area contributed by atoms with Crippen LogP contribution in [-0.2, 0) is 25.4 Å². The Morgan fingerprint density at radius 1 is 0.911 bits per heavy atom. The van der Waals surface area contributed by atoms with Gasteiger partial charge in [-0.3, -0.25) is 4.79 Å². The monoisotopic (exact) mass is 623 g/mol. The number of benzene rings is 2. The summed E-state index contributed by atoms with van der Waals surface area (Å²) < 4.78 is 40.1. The van der Waals surface area contributed by atoms with E-state index < -0.39 is 24.1 Å². The Kier molecular flexibility index (Phi) is 8.34. The quantitative estimate of drug-likeness (QED) is 0.290. The van der Waals surface area contributed by atoms with Crippen molar-refractivity contribution in [2.75, 3.05) is 62.8 Å². The largest absolute Gasteiger partial charge is 0.497 e. The average Bonchev–Trinajstić information content (AvgIpc) is 3.43. The van der Waals surface area contributed by atoms with Crippen molar-refractivity contribution in [1.29, 1.82) is 0 Å². The van der Waals surface area contributed by atoms with Crippen LogP contribution in [0.5, 0.6) is 23.0 Å². The molecule has 1 saturated carbocycles. The molecule has 1 aromatic heterocycles. The summed E-state index contributed by atoms with van der Waals surface area (Å²) in [6.45, 7) is 1.82. The van der Waals surface area contributed by atoms with Crippen molar-refractivity contribution >= 4 is 22.8 Å².